The lowest BCUT2D eigenvalue weighted by Crippen LogP contribution is -2.03. The summed E-state index contributed by atoms with van der Waals surface area (Å²) in [6.07, 6.45) is 0. The molecule has 0 aliphatic rings. The molecule has 0 atom stereocenters. The molecule has 17 rings (SSSR count). The fourth-order valence-corrected chi connectivity index (χ4v) is 12.8. The van der Waals surface area contributed by atoms with Crippen LogP contribution in [0.25, 0.3) is 169 Å². The van der Waals surface area contributed by atoms with Crippen LogP contribution in [0.3, 0.4) is 0 Å². The van der Waals surface area contributed by atoms with Crippen molar-refractivity contribution in [3.63, 3.8) is 0 Å². The summed E-state index contributed by atoms with van der Waals surface area (Å²) >= 11 is 0. The molecule has 0 N–H and O–H groups in total. The van der Waals surface area contributed by atoms with Crippen molar-refractivity contribution in [2.24, 2.45) is 0 Å². The molecule has 0 amide bonds. The summed E-state index contributed by atoms with van der Waals surface area (Å²) in [7, 11) is 0. The molecule has 0 radical (unpaired) electrons. The van der Waals surface area contributed by atoms with Gasteiger partial charge in [0.1, 0.15) is 6.07 Å². The molecule has 0 aliphatic carbocycles. The van der Waals surface area contributed by atoms with Gasteiger partial charge in [-0.25, -0.2) is 44.9 Å². The molecule has 0 bridgehead atoms. The molecule has 96 heavy (non-hydrogen) atoms. The number of fused-ring (bicyclic) bond motifs is 6. The van der Waals surface area contributed by atoms with Crippen molar-refractivity contribution in [2.75, 3.05) is 0 Å². The topological polar surface area (TPSA) is 173 Å². The van der Waals surface area contributed by atoms with Gasteiger partial charge in [0.2, 0.25) is 0 Å². The predicted molar refractivity (Wildman–Crippen MR) is 379 cm³/mol. The van der Waals surface area contributed by atoms with Crippen LogP contribution in [0, 0.1) is 22.7 Å². The molecule has 5 aromatic heterocycles. The van der Waals surface area contributed by atoms with Crippen molar-refractivity contribution in [2.45, 2.75) is 0 Å². The molecule has 446 valence electrons. The van der Waals surface area contributed by atoms with Gasteiger partial charge in [0.05, 0.1) is 50.6 Å². The van der Waals surface area contributed by atoms with E-state index in [2.05, 4.69) is 106 Å². The van der Waals surface area contributed by atoms with E-state index in [9.17, 15) is 10.5 Å². The summed E-state index contributed by atoms with van der Waals surface area (Å²) in [5.41, 5.74) is 15.5. The van der Waals surface area contributed by atoms with Gasteiger partial charge in [0.25, 0.3) is 0 Å². The third-order valence-corrected chi connectivity index (χ3v) is 17.4. The molecule has 0 saturated carbocycles. The van der Waals surface area contributed by atoms with E-state index in [0.29, 0.717) is 74.8 Å². The summed E-state index contributed by atoms with van der Waals surface area (Å²) in [5, 5.41) is 25.3. The van der Waals surface area contributed by atoms with Crippen LogP contribution >= 0.6 is 0 Å². The molecule has 0 unspecified atom stereocenters. The predicted octanol–water partition coefficient (Wildman–Crippen LogP) is 18.8. The second kappa shape index (κ2) is 23.8. The molecular formula is C83H49N13. The van der Waals surface area contributed by atoms with Crippen LogP contribution in [-0.4, -0.2) is 54.0 Å². The average Bonchev–Trinajstić information content (AvgIpc) is 1.58. The average molecular weight is 1230 g/mol. The number of aromatic nitrogens is 11. The van der Waals surface area contributed by atoms with Gasteiger partial charge in [0.15, 0.2) is 52.4 Å². The van der Waals surface area contributed by atoms with Crippen molar-refractivity contribution in [1.29, 1.82) is 10.5 Å². The second-order valence-corrected chi connectivity index (χ2v) is 23.2. The third kappa shape index (κ3) is 10.2. The van der Waals surface area contributed by atoms with E-state index in [0.717, 1.165) is 105 Å². The molecule has 5 heterocycles. The van der Waals surface area contributed by atoms with Crippen molar-refractivity contribution in [3.05, 3.63) is 308 Å². The number of hydrogen-bond acceptors (Lipinski definition) is 11. The lowest BCUT2D eigenvalue weighted by atomic mass is 9.99. The van der Waals surface area contributed by atoms with Crippen LogP contribution in [0.5, 0.6) is 0 Å². The smallest absolute Gasteiger partial charge is 0.164 e. The van der Waals surface area contributed by atoms with Crippen molar-refractivity contribution in [3.8, 4) is 137 Å². The molecule has 17 aromatic rings. The standard InChI is InChI=1S/C83H49N13/c84-50-52-34-36-53(37-35-52)66-47-60(39-43-72(66)96-71-33-19-17-31-65(71)68-49-62(41-45-74(68)96)83-91-77(56-24-10-3-11-25-56)87-78(92-83)57-26-12-4-13-27-57)81-93-79(58-28-14-5-15-29-58)88-80(94-81)59-38-42-69(63(46-59)51-85)95-70-32-18-16-30-64(70)67-48-61(40-44-73(67)95)82-89-75(54-20-6-1-7-21-54)86-76(90-82)55-22-8-2-9-23-55/h1-49H. The van der Waals surface area contributed by atoms with E-state index in [1.165, 1.54) is 0 Å². The summed E-state index contributed by atoms with van der Waals surface area (Å²) < 4.78 is 4.43. The Labute approximate surface area is 550 Å². The van der Waals surface area contributed by atoms with E-state index < -0.39 is 0 Å². The minimum atomic E-state index is 0.392. The highest BCUT2D eigenvalue weighted by Crippen LogP contribution is 2.42. The SMILES string of the molecule is N#Cc1ccc(-c2cc(-c3nc(-c4ccccc4)nc(-c4ccc(-n5c6ccccc6c6cc(-c7nc(-c8ccccc8)nc(-c8ccccc8)n7)ccc65)c(C#N)c4)n3)ccc2-n2c3ccccc3c3cc(-c4nc(-c5ccccc5)nc(-c5ccccc5)n4)ccc32)cc1. The van der Waals surface area contributed by atoms with Gasteiger partial charge in [0, 0.05) is 77.2 Å². The summed E-state index contributed by atoms with van der Waals surface area (Å²) in [6, 6.07) is 104. The Morgan fingerprint density at radius 1 is 0.219 bits per heavy atom. The van der Waals surface area contributed by atoms with Crippen LogP contribution in [0.2, 0.25) is 0 Å². The van der Waals surface area contributed by atoms with Gasteiger partial charge >= 0.3 is 0 Å². The first-order valence-electron chi connectivity index (χ1n) is 31.3. The Morgan fingerprint density at radius 2 is 0.510 bits per heavy atom. The molecule has 0 fully saturated rings. The van der Waals surface area contributed by atoms with E-state index in [4.69, 9.17) is 44.9 Å². The number of nitriles is 2. The first-order valence-corrected chi connectivity index (χ1v) is 31.3. The van der Waals surface area contributed by atoms with Gasteiger partial charge in [-0.2, -0.15) is 10.5 Å². The Hall–Kier alpha value is -13.8. The molecule has 13 nitrogen and oxygen atoms in total. The Kier molecular flexibility index (Phi) is 13.9. The van der Waals surface area contributed by atoms with E-state index in [1.54, 1.807) is 0 Å². The number of rotatable bonds is 12. The monoisotopic (exact) mass is 1230 g/mol. The lowest BCUT2D eigenvalue weighted by Gasteiger charge is -2.16. The van der Waals surface area contributed by atoms with Crippen molar-refractivity contribution < 1.29 is 0 Å². The maximum atomic E-state index is 11.2. The largest absolute Gasteiger partial charge is 0.309 e. The van der Waals surface area contributed by atoms with E-state index >= 15 is 0 Å². The van der Waals surface area contributed by atoms with Crippen LogP contribution in [0.4, 0.5) is 0 Å². The third-order valence-electron chi connectivity index (χ3n) is 17.4. The van der Waals surface area contributed by atoms with Gasteiger partial charge in [-0.05, 0) is 103 Å². The Balaban J connectivity index is 0.785. The fourth-order valence-electron chi connectivity index (χ4n) is 12.8. The molecule has 0 saturated heterocycles. The fraction of sp³-hybridized carbons (Fsp3) is 0. The molecular weight excluding hydrogens is 1180 g/mol. The van der Waals surface area contributed by atoms with Crippen LogP contribution in [0.15, 0.2) is 297 Å². The summed E-state index contributed by atoms with van der Waals surface area (Å²) in [6.45, 7) is 0. The van der Waals surface area contributed by atoms with Crippen LogP contribution in [0.1, 0.15) is 11.1 Å². The zero-order chi connectivity index (χ0) is 64.1. The zero-order valence-corrected chi connectivity index (χ0v) is 51.1. The van der Waals surface area contributed by atoms with Gasteiger partial charge < -0.3 is 9.13 Å². The van der Waals surface area contributed by atoms with Crippen molar-refractivity contribution in [1.82, 2.24) is 54.0 Å². The van der Waals surface area contributed by atoms with E-state index in [-0.39, 0.29) is 0 Å². The number of nitrogens with zero attached hydrogens (tertiary/aromatic N) is 13. The van der Waals surface area contributed by atoms with Gasteiger partial charge in [-0.3, -0.25) is 0 Å². The van der Waals surface area contributed by atoms with Crippen LogP contribution in [-0.2, 0) is 0 Å². The highest BCUT2D eigenvalue weighted by atomic mass is 15.1. The number of benzene rings is 12. The Morgan fingerprint density at radius 3 is 0.885 bits per heavy atom. The summed E-state index contributed by atoms with van der Waals surface area (Å²) in [4.78, 5) is 45.8. The molecule has 0 aliphatic heterocycles. The Bertz CT molecular complexity index is 5850. The van der Waals surface area contributed by atoms with Crippen molar-refractivity contribution >= 4 is 43.6 Å². The van der Waals surface area contributed by atoms with Crippen LogP contribution < -0.4 is 0 Å². The number of para-hydroxylation sites is 2. The van der Waals surface area contributed by atoms with Gasteiger partial charge in [-0.15, -0.1) is 0 Å². The molecule has 0 spiro atoms. The first kappa shape index (κ1) is 56.2. The maximum absolute atomic E-state index is 11.2. The lowest BCUT2D eigenvalue weighted by molar-refractivity contribution is 1.07. The zero-order valence-electron chi connectivity index (χ0n) is 51.1. The minimum Gasteiger partial charge on any atom is -0.309 e. The normalized spacial score (nSPS) is 11.3. The van der Waals surface area contributed by atoms with E-state index in [1.807, 2.05) is 212 Å². The highest BCUT2D eigenvalue weighted by Gasteiger charge is 2.24. The highest BCUT2D eigenvalue weighted by molar-refractivity contribution is 6.12. The summed E-state index contributed by atoms with van der Waals surface area (Å²) in [5.74, 6) is 4.71. The second-order valence-electron chi connectivity index (χ2n) is 23.2. The maximum Gasteiger partial charge on any atom is 0.164 e. The minimum absolute atomic E-state index is 0.392. The van der Waals surface area contributed by atoms with Gasteiger partial charge in [-0.1, -0.05) is 200 Å². The molecule has 13 heteroatoms. The first-order chi connectivity index (χ1) is 47.5. The quantitative estimate of drug-likeness (QED) is 0.114. The number of hydrogen-bond donors (Lipinski definition) is 0. The molecule has 12 aromatic carbocycles.